The number of rotatable bonds is 5. The van der Waals surface area contributed by atoms with Gasteiger partial charge in [-0.05, 0) is 55.0 Å². The van der Waals surface area contributed by atoms with Gasteiger partial charge in [-0.15, -0.1) is 0 Å². The van der Waals surface area contributed by atoms with Gasteiger partial charge in [-0.1, -0.05) is 17.7 Å². The van der Waals surface area contributed by atoms with Crippen molar-refractivity contribution < 1.29 is 19.1 Å². The van der Waals surface area contributed by atoms with Crippen molar-refractivity contribution in [1.29, 1.82) is 0 Å². The molecule has 1 N–H and O–H groups in total. The first-order chi connectivity index (χ1) is 12.5. The van der Waals surface area contributed by atoms with E-state index in [1.807, 2.05) is 6.92 Å². The lowest BCUT2D eigenvalue weighted by molar-refractivity contribution is -0.113. The van der Waals surface area contributed by atoms with Gasteiger partial charge in [0.2, 0.25) is 0 Å². The largest absolute Gasteiger partial charge is 0.493 e. The molecule has 0 atom stereocenters. The predicted octanol–water partition coefficient (Wildman–Crippen LogP) is 3.84. The van der Waals surface area contributed by atoms with Crippen LogP contribution in [0.25, 0.3) is 6.08 Å². The molecule has 7 heteroatoms. The quantitative estimate of drug-likeness (QED) is 0.639. The molecule has 1 saturated heterocycles. The highest BCUT2D eigenvalue weighted by atomic mass is 35.5. The van der Waals surface area contributed by atoms with Crippen molar-refractivity contribution in [1.82, 2.24) is 5.32 Å². The summed E-state index contributed by atoms with van der Waals surface area (Å²) in [5, 5.41) is 3.11. The lowest BCUT2D eigenvalue weighted by Crippen LogP contribution is -2.30. The van der Waals surface area contributed by atoms with E-state index in [9.17, 15) is 9.59 Å². The maximum absolute atomic E-state index is 12.6. The molecule has 0 aromatic heterocycles. The van der Waals surface area contributed by atoms with Crippen molar-refractivity contribution in [3.63, 3.8) is 0 Å². The number of benzene rings is 2. The Kier molecular flexibility index (Phi) is 5.14. The first-order valence-corrected chi connectivity index (χ1v) is 8.35. The predicted molar refractivity (Wildman–Crippen MR) is 99.6 cm³/mol. The van der Waals surface area contributed by atoms with E-state index in [1.54, 1.807) is 55.7 Å². The zero-order valence-corrected chi connectivity index (χ0v) is 15.0. The Morgan fingerprint density at radius 2 is 1.85 bits per heavy atom. The summed E-state index contributed by atoms with van der Waals surface area (Å²) in [4.78, 5) is 25.9. The molecule has 6 nitrogen and oxygen atoms in total. The van der Waals surface area contributed by atoms with Crippen LogP contribution in [0.1, 0.15) is 12.5 Å². The van der Waals surface area contributed by atoms with Crippen LogP contribution in [-0.4, -0.2) is 25.7 Å². The highest BCUT2D eigenvalue weighted by molar-refractivity contribution is 6.31. The van der Waals surface area contributed by atoms with Gasteiger partial charge in [0, 0.05) is 5.02 Å². The van der Waals surface area contributed by atoms with Crippen LogP contribution >= 0.6 is 11.6 Å². The van der Waals surface area contributed by atoms with Crippen LogP contribution in [0.4, 0.5) is 10.5 Å². The third kappa shape index (κ3) is 3.50. The third-order valence-corrected chi connectivity index (χ3v) is 4.01. The summed E-state index contributed by atoms with van der Waals surface area (Å²) < 4.78 is 10.8. The number of amides is 3. The molecule has 3 rings (SSSR count). The SMILES string of the molecule is CCOc1ccc(/C=C2/NC(=O)N(c3ccc(Cl)cc3)C2=O)cc1OC. The van der Waals surface area contributed by atoms with Gasteiger partial charge in [0.05, 0.1) is 19.4 Å². The smallest absolute Gasteiger partial charge is 0.333 e. The number of urea groups is 1. The van der Waals surface area contributed by atoms with E-state index >= 15 is 0 Å². The van der Waals surface area contributed by atoms with Crippen molar-refractivity contribution in [2.45, 2.75) is 6.92 Å². The summed E-state index contributed by atoms with van der Waals surface area (Å²) in [7, 11) is 1.54. The van der Waals surface area contributed by atoms with Crippen LogP contribution in [0.15, 0.2) is 48.2 Å². The minimum atomic E-state index is -0.513. The molecular formula is C19H17ClN2O4. The number of carbonyl (C=O) groups excluding carboxylic acids is 2. The van der Waals surface area contributed by atoms with Crippen molar-refractivity contribution in [2.24, 2.45) is 0 Å². The number of hydrogen-bond donors (Lipinski definition) is 1. The molecule has 0 spiro atoms. The summed E-state index contributed by atoms with van der Waals surface area (Å²) in [5.41, 5.74) is 1.33. The van der Waals surface area contributed by atoms with Gasteiger partial charge in [0.25, 0.3) is 5.91 Å². The molecule has 0 aliphatic carbocycles. The molecule has 26 heavy (non-hydrogen) atoms. The summed E-state index contributed by atoms with van der Waals surface area (Å²) in [6, 6.07) is 11.2. The van der Waals surface area contributed by atoms with E-state index < -0.39 is 11.9 Å². The fraction of sp³-hybridized carbons (Fsp3) is 0.158. The van der Waals surface area contributed by atoms with Gasteiger partial charge in [-0.3, -0.25) is 4.79 Å². The standard InChI is InChI=1S/C19H17ClN2O4/c1-3-26-16-9-4-12(11-17(16)25-2)10-15-18(23)22(19(24)21-15)14-7-5-13(20)6-8-14/h4-11H,3H2,1-2H3,(H,21,24)/b15-10+. The molecule has 0 bridgehead atoms. The first-order valence-electron chi connectivity index (χ1n) is 7.97. The summed E-state index contributed by atoms with van der Waals surface area (Å²) >= 11 is 5.85. The van der Waals surface area contributed by atoms with Gasteiger partial charge >= 0.3 is 6.03 Å². The summed E-state index contributed by atoms with van der Waals surface area (Å²) in [6.45, 7) is 2.40. The number of nitrogens with zero attached hydrogens (tertiary/aromatic N) is 1. The van der Waals surface area contributed by atoms with E-state index in [0.29, 0.717) is 34.4 Å². The second-order valence-corrected chi connectivity index (χ2v) is 5.88. The zero-order valence-electron chi connectivity index (χ0n) is 14.3. The molecule has 1 heterocycles. The zero-order chi connectivity index (χ0) is 18.7. The number of hydrogen-bond acceptors (Lipinski definition) is 4. The highest BCUT2D eigenvalue weighted by Gasteiger charge is 2.34. The van der Waals surface area contributed by atoms with Gasteiger partial charge in [0.1, 0.15) is 5.70 Å². The molecule has 2 aromatic rings. The van der Waals surface area contributed by atoms with E-state index in [1.165, 1.54) is 0 Å². The maximum Gasteiger partial charge on any atom is 0.333 e. The van der Waals surface area contributed by atoms with Crippen LogP contribution < -0.4 is 19.7 Å². The average Bonchev–Trinajstić information content (AvgIpc) is 2.91. The number of imide groups is 1. The molecule has 1 aliphatic rings. The Bertz CT molecular complexity index is 878. The Morgan fingerprint density at radius 3 is 2.50 bits per heavy atom. The third-order valence-electron chi connectivity index (χ3n) is 3.76. The lowest BCUT2D eigenvalue weighted by atomic mass is 10.1. The Labute approximate surface area is 156 Å². The van der Waals surface area contributed by atoms with Crippen molar-refractivity contribution >= 4 is 35.3 Å². The van der Waals surface area contributed by atoms with Crippen LogP contribution in [0, 0.1) is 0 Å². The minimum absolute atomic E-state index is 0.177. The van der Waals surface area contributed by atoms with Crippen molar-refractivity contribution in [3.05, 3.63) is 58.7 Å². The lowest BCUT2D eigenvalue weighted by Gasteiger charge is -2.11. The van der Waals surface area contributed by atoms with Crippen LogP contribution in [0.3, 0.4) is 0 Å². The number of anilines is 1. The van der Waals surface area contributed by atoms with Gasteiger partial charge in [-0.2, -0.15) is 0 Å². The second-order valence-electron chi connectivity index (χ2n) is 5.45. The number of halogens is 1. The molecule has 0 radical (unpaired) electrons. The fourth-order valence-corrected chi connectivity index (χ4v) is 2.70. The molecule has 0 saturated carbocycles. The van der Waals surface area contributed by atoms with Crippen molar-refractivity contribution in [3.8, 4) is 11.5 Å². The fourth-order valence-electron chi connectivity index (χ4n) is 2.58. The molecule has 0 unspecified atom stereocenters. The van der Waals surface area contributed by atoms with Crippen LogP contribution in [0.5, 0.6) is 11.5 Å². The summed E-state index contributed by atoms with van der Waals surface area (Å²) in [6.07, 6.45) is 1.59. The molecule has 1 fully saturated rings. The molecule has 134 valence electrons. The monoisotopic (exact) mass is 372 g/mol. The van der Waals surface area contributed by atoms with Gasteiger partial charge < -0.3 is 14.8 Å². The maximum atomic E-state index is 12.6. The number of nitrogens with one attached hydrogen (secondary N) is 1. The van der Waals surface area contributed by atoms with Gasteiger partial charge in [0.15, 0.2) is 11.5 Å². The van der Waals surface area contributed by atoms with E-state index in [2.05, 4.69) is 5.32 Å². The Balaban J connectivity index is 1.89. The number of carbonyl (C=O) groups is 2. The topological polar surface area (TPSA) is 67.9 Å². The normalized spacial score (nSPS) is 15.3. The highest BCUT2D eigenvalue weighted by Crippen LogP contribution is 2.30. The molecule has 2 aromatic carbocycles. The minimum Gasteiger partial charge on any atom is -0.493 e. The van der Waals surface area contributed by atoms with Crippen LogP contribution in [0.2, 0.25) is 5.02 Å². The number of methoxy groups -OCH3 is 1. The first kappa shape index (κ1) is 17.8. The average molecular weight is 373 g/mol. The van der Waals surface area contributed by atoms with E-state index in [-0.39, 0.29) is 5.70 Å². The summed E-state index contributed by atoms with van der Waals surface area (Å²) in [5.74, 6) is 0.722. The Morgan fingerprint density at radius 1 is 1.12 bits per heavy atom. The van der Waals surface area contributed by atoms with Crippen LogP contribution in [-0.2, 0) is 4.79 Å². The van der Waals surface area contributed by atoms with E-state index in [0.717, 1.165) is 4.90 Å². The molecule has 3 amide bonds. The molecule has 1 aliphatic heterocycles. The number of ether oxygens (including phenoxy) is 2. The van der Waals surface area contributed by atoms with Gasteiger partial charge in [-0.25, -0.2) is 9.69 Å². The molecular weight excluding hydrogens is 356 g/mol. The van der Waals surface area contributed by atoms with Crippen molar-refractivity contribution in [2.75, 3.05) is 18.6 Å². The van der Waals surface area contributed by atoms with E-state index in [4.69, 9.17) is 21.1 Å². The Hall–Kier alpha value is -2.99. The second kappa shape index (κ2) is 7.49.